The molecule has 34 heavy (non-hydrogen) atoms. The van der Waals surface area contributed by atoms with Crippen molar-refractivity contribution in [1.29, 1.82) is 0 Å². The highest BCUT2D eigenvalue weighted by atomic mass is 16.5. The molecule has 2 amide bonds. The molecule has 2 aromatic rings. The van der Waals surface area contributed by atoms with Crippen molar-refractivity contribution < 1.29 is 28.5 Å². The average molecular weight is 468 g/mol. The molecule has 1 saturated heterocycles. The van der Waals surface area contributed by atoms with Crippen molar-refractivity contribution >= 4 is 23.1 Å². The summed E-state index contributed by atoms with van der Waals surface area (Å²) in [5.74, 6) is 1.09. The van der Waals surface area contributed by atoms with E-state index in [0.717, 1.165) is 13.1 Å². The van der Waals surface area contributed by atoms with Crippen LogP contribution in [0.3, 0.4) is 0 Å². The van der Waals surface area contributed by atoms with Crippen molar-refractivity contribution in [2.24, 2.45) is 0 Å². The standard InChI is InChI=1S/C25H29N3O6/c1-31-19-6-4-17(5-7-19)22-23(26-18-14-20(32-2)16-21(15-18)33-3)25(30)28(24(22)29)9-8-27-10-12-34-13-11-27/h4-7,14-16,26H,8-13H2,1-3H3. The summed E-state index contributed by atoms with van der Waals surface area (Å²) in [6.45, 7) is 3.76. The fourth-order valence-electron chi connectivity index (χ4n) is 4.01. The van der Waals surface area contributed by atoms with Gasteiger partial charge in [0, 0.05) is 50.1 Å². The molecule has 0 aromatic heterocycles. The number of methoxy groups -OCH3 is 3. The van der Waals surface area contributed by atoms with Crippen molar-refractivity contribution in [3.8, 4) is 17.2 Å². The first-order chi connectivity index (χ1) is 16.5. The molecule has 2 aromatic carbocycles. The number of hydrogen-bond acceptors (Lipinski definition) is 8. The molecule has 2 heterocycles. The smallest absolute Gasteiger partial charge is 0.278 e. The van der Waals surface area contributed by atoms with Crippen LogP contribution in [0.2, 0.25) is 0 Å². The van der Waals surface area contributed by atoms with Gasteiger partial charge in [0.05, 0.1) is 40.1 Å². The predicted octanol–water partition coefficient (Wildman–Crippen LogP) is 2.24. The van der Waals surface area contributed by atoms with Gasteiger partial charge in [0.1, 0.15) is 22.9 Å². The van der Waals surface area contributed by atoms with E-state index >= 15 is 0 Å². The summed E-state index contributed by atoms with van der Waals surface area (Å²) in [7, 11) is 4.69. The second-order valence-electron chi connectivity index (χ2n) is 7.92. The predicted molar refractivity (Wildman–Crippen MR) is 127 cm³/mol. The molecule has 0 unspecified atom stereocenters. The van der Waals surface area contributed by atoms with Crippen LogP contribution in [0.5, 0.6) is 17.2 Å². The molecule has 0 atom stereocenters. The van der Waals surface area contributed by atoms with Crippen LogP contribution >= 0.6 is 0 Å². The number of ether oxygens (including phenoxy) is 4. The lowest BCUT2D eigenvalue weighted by molar-refractivity contribution is -0.137. The summed E-state index contributed by atoms with van der Waals surface area (Å²) in [6.07, 6.45) is 0. The summed E-state index contributed by atoms with van der Waals surface area (Å²) in [4.78, 5) is 30.4. The van der Waals surface area contributed by atoms with E-state index in [-0.39, 0.29) is 17.5 Å². The Labute approximate surface area is 198 Å². The maximum Gasteiger partial charge on any atom is 0.278 e. The van der Waals surface area contributed by atoms with Crippen LogP contribution in [0.25, 0.3) is 5.57 Å². The van der Waals surface area contributed by atoms with Gasteiger partial charge in [0.2, 0.25) is 0 Å². The number of hydrogen-bond donors (Lipinski definition) is 1. The zero-order valence-electron chi connectivity index (χ0n) is 19.6. The van der Waals surface area contributed by atoms with Crippen LogP contribution in [0.15, 0.2) is 48.2 Å². The first-order valence-electron chi connectivity index (χ1n) is 11.1. The number of anilines is 1. The Bertz CT molecular complexity index is 1050. The molecular formula is C25H29N3O6. The average Bonchev–Trinajstić information content (AvgIpc) is 3.11. The summed E-state index contributed by atoms with van der Waals surface area (Å²) in [6, 6.07) is 12.3. The molecular weight excluding hydrogens is 438 g/mol. The van der Waals surface area contributed by atoms with Gasteiger partial charge in [-0.25, -0.2) is 0 Å². The molecule has 180 valence electrons. The molecule has 0 spiro atoms. The highest BCUT2D eigenvalue weighted by Gasteiger charge is 2.39. The van der Waals surface area contributed by atoms with Gasteiger partial charge in [-0.3, -0.25) is 19.4 Å². The van der Waals surface area contributed by atoms with Gasteiger partial charge in [-0.2, -0.15) is 0 Å². The Balaban J connectivity index is 1.66. The number of carbonyl (C=O) groups is 2. The van der Waals surface area contributed by atoms with Crippen LogP contribution in [0, 0.1) is 0 Å². The van der Waals surface area contributed by atoms with Gasteiger partial charge >= 0.3 is 0 Å². The van der Waals surface area contributed by atoms with E-state index in [2.05, 4.69) is 10.2 Å². The number of amides is 2. The third-order valence-corrected chi connectivity index (χ3v) is 5.91. The first kappa shape index (κ1) is 23.6. The van der Waals surface area contributed by atoms with E-state index in [1.807, 2.05) is 0 Å². The van der Waals surface area contributed by atoms with E-state index in [0.29, 0.717) is 60.4 Å². The second kappa shape index (κ2) is 10.6. The summed E-state index contributed by atoms with van der Waals surface area (Å²) in [5.41, 5.74) is 1.74. The fourth-order valence-corrected chi connectivity index (χ4v) is 4.01. The number of benzene rings is 2. The Kier molecular flexibility index (Phi) is 7.34. The maximum absolute atomic E-state index is 13.5. The van der Waals surface area contributed by atoms with Gasteiger partial charge in [0.25, 0.3) is 11.8 Å². The van der Waals surface area contributed by atoms with E-state index in [9.17, 15) is 9.59 Å². The van der Waals surface area contributed by atoms with Crippen LogP contribution in [0.1, 0.15) is 5.56 Å². The van der Waals surface area contributed by atoms with Crippen LogP contribution in [0.4, 0.5) is 5.69 Å². The lowest BCUT2D eigenvalue weighted by atomic mass is 10.0. The van der Waals surface area contributed by atoms with E-state index in [1.165, 1.54) is 4.90 Å². The number of nitrogens with zero attached hydrogens (tertiary/aromatic N) is 2. The van der Waals surface area contributed by atoms with Gasteiger partial charge in [0.15, 0.2) is 0 Å². The van der Waals surface area contributed by atoms with Gasteiger partial charge in [-0.05, 0) is 17.7 Å². The molecule has 2 aliphatic heterocycles. The Morgan fingerprint density at radius 1 is 0.824 bits per heavy atom. The van der Waals surface area contributed by atoms with Crippen LogP contribution in [-0.4, -0.2) is 82.3 Å². The Morgan fingerprint density at radius 3 is 2.03 bits per heavy atom. The Morgan fingerprint density at radius 2 is 1.44 bits per heavy atom. The van der Waals surface area contributed by atoms with Crippen LogP contribution in [-0.2, 0) is 14.3 Å². The fraction of sp³-hybridized carbons (Fsp3) is 0.360. The van der Waals surface area contributed by atoms with E-state index in [4.69, 9.17) is 18.9 Å². The molecule has 0 aliphatic carbocycles. The minimum absolute atomic E-state index is 0.215. The lowest BCUT2D eigenvalue weighted by Gasteiger charge is -2.28. The largest absolute Gasteiger partial charge is 0.497 e. The normalized spacial score (nSPS) is 16.7. The monoisotopic (exact) mass is 467 g/mol. The highest BCUT2D eigenvalue weighted by Crippen LogP contribution is 2.33. The summed E-state index contributed by atoms with van der Waals surface area (Å²) in [5, 5.41) is 3.16. The van der Waals surface area contributed by atoms with Crippen molar-refractivity contribution in [2.45, 2.75) is 0 Å². The minimum Gasteiger partial charge on any atom is -0.497 e. The molecule has 0 bridgehead atoms. The molecule has 4 rings (SSSR count). The third kappa shape index (κ3) is 5.00. The summed E-state index contributed by atoms with van der Waals surface area (Å²) < 4.78 is 21.3. The number of rotatable bonds is 9. The van der Waals surface area contributed by atoms with Crippen LogP contribution < -0.4 is 19.5 Å². The van der Waals surface area contributed by atoms with Gasteiger partial charge in [-0.1, -0.05) is 12.1 Å². The molecule has 1 N–H and O–H groups in total. The molecule has 9 nitrogen and oxygen atoms in total. The highest BCUT2D eigenvalue weighted by molar-refractivity contribution is 6.36. The lowest BCUT2D eigenvalue weighted by Crippen LogP contribution is -2.43. The van der Waals surface area contributed by atoms with E-state index in [1.54, 1.807) is 63.8 Å². The first-order valence-corrected chi connectivity index (χ1v) is 11.1. The quantitative estimate of drug-likeness (QED) is 0.562. The summed E-state index contributed by atoms with van der Waals surface area (Å²) >= 11 is 0. The molecule has 9 heteroatoms. The second-order valence-corrected chi connectivity index (χ2v) is 7.92. The topological polar surface area (TPSA) is 89.6 Å². The zero-order chi connectivity index (χ0) is 24.1. The third-order valence-electron chi connectivity index (χ3n) is 5.91. The molecule has 1 fully saturated rings. The SMILES string of the molecule is COc1ccc(C2=C(Nc3cc(OC)cc(OC)c3)C(=O)N(CCN3CCOCC3)C2=O)cc1. The van der Waals surface area contributed by atoms with Crippen molar-refractivity contribution in [1.82, 2.24) is 9.80 Å². The number of nitrogens with one attached hydrogen (secondary N) is 1. The zero-order valence-corrected chi connectivity index (χ0v) is 19.6. The Hall–Kier alpha value is -3.56. The van der Waals surface area contributed by atoms with Gasteiger partial charge < -0.3 is 24.3 Å². The maximum atomic E-state index is 13.5. The number of imide groups is 1. The minimum atomic E-state index is -0.370. The van der Waals surface area contributed by atoms with E-state index < -0.39 is 0 Å². The number of carbonyl (C=O) groups excluding carboxylic acids is 2. The molecule has 2 aliphatic rings. The molecule has 0 radical (unpaired) electrons. The van der Waals surface area contributed by atoms with Crippen molar-refractivity contribution in [3.05, 3.63) is 53.7 Å². The molecule has 0 saturated carbocycles. The van der Waals surface area contributed by atoms with Gasteiger partial charge in [-0.15, -0.1) is 0 Å². The van der Waals surface area contributed by atoms with Crippen molar-refractivity contribution in [3.63, 3.8) is 0 Å². The number of morpholine rings is 1. The van der Waals surface area contributed by atoms with Crippen molar-refractivity contribution in [2.75, 3.05) is 66.0 Å².